The summed E-state index contributed by atoms with van der Waals surface area (Å²) < 4.78 is 35.1. The smallest absolute Gasteiger partial charge is 0.317 e. The van der Waals surface area contributed by atoms with Gasteiger partial charge in [0.25, 0.3) is 15.9 Å². The lowest BCUT2D eigenvalue weighted by Gasteiger charge is -2.38. The second kappa shape index (κ2) is 11.8. The van der Waals surface area contributed by atoms with Crippen molar-refractivity contribution in [2.75, 3.05) is 31.5 Å². The van der Waals surface area contributed by atoms with Crippen molar-refractivity contribution < 1.29 is 27.9 Å². The van der Waals surface area contributed by atoms with Gasteiger partial charge in [-0.25, -0.2) is 13.2 Å². The monoisotopic (exact) mass is 532 g/mol. The van der Waals surface area contributed by atoms with Crippen LogP contribution in [0.2, 0.25) is 0 Å². The number of hydrogen-bond acceptors (Lipinski definition) is 6. The molecule has 3 atom stereocenters. The quantitative estimate of drug-likeness (QED) is 0.480. The molecule has 11 heteroatoms. The van der Waals surface area contributed by atoms with Gasteiger partial charge in [0.15, 0.2) is 5.75 Å². The number of anilines is 1. The predicted molar refractivity (Wildman–Crippen MR) is 141 cm³/mol. The van der Waals surface area contributed by atoms with E-state index in [9.17, 15) is 23.1 Å². The van der Waals surface area contributed by atoms with E-state index >= 15 is 0 Å². The highest BCUT2D eigenvalue weighted by Crippen LogP contribution is 2.36. The molecule has 0 saturated carbocycles. The number of amides is 3. The number of sulfonamides is 1. The first kappa shape index (κ1) is 28.3. The second-order valence-corrected chi connectivity index (χ2v) is 11.4. The highest BCUT2D eigenvalue weighted by atomic mass is 32.2. The number of urea groups is 1. The summed E-state index contributed by atoms with van der Waals surface area (Å²) in [7, 11) is -2.32. The summed E-state index contributed by atoms with van der Waals surface area (Å²) >= 11 is 0. The molecule has 0 saturated heterocycles. The Morgan fingerprint density at radius 1 is 1.16 bits per heavy atom. The number of carbonyl (C=O) groups excluding carboxylic acids is 2. The van der Waals surface area contributed by atoms with Crippen LogP contribution in [0.1, 0.15) is 38.1 Å². The van der Waals surface area contributed by atoms with Crippen LogP contribution in [0.25, 0.3) is 0 Å². The number of aliphatic hydroxyl groups excluding tert-OH is 1. The summed E-state index contributed by atoms with van der Waals surface area (Å²) in [5.41, 5.74) is 0.277. The fourth-order valence-corrected chi connectivity index (χ4v) is 5.14. The molecule has 0 unspecified atom stereocenters. The molecule has 1 heterocycles. The van der Waals surface area contributed by atoms with Crippen LogP contribution in [0.5, 0.6) is 5.75 Å². The summed E-state index contributed by atoms with van der Waals surface area (Å²) in [5, 5.41) is 12.7. The van der Waals surface area contributed by atoms with E-state index in [1.54, 1.807) is 49.2 Å². The average molecular weight is 533 g/mol. The molecule has 10 nitrogen and oxygen atoms in total. The van der Waals surface area contributed by atoms with Gasteiger partial charge in [-0.1, -0.05) is 31.2 Å². The van der Waals surface area contributed by atoms with E-state index < -0.39 is 22.2 Å². The molecule has 2 aromatic carbocycles. The molecule has 202 valence electrons. The third-order valence-corrected chi connectivity index (χ3v) is 7.58. The minimum Gasteiger partial charge on any atom is -0.485 e. The molecule has 0 fully saturated rings. The molecule has 0 radical (unpaired) electrons. The SMILES string of the molecule is CC(C)NC(=O)N(C)C[C@H]1Oc2c(NS(=O)(=O)c3ccccc3)cccc2C(=O)N([C@H](C)CO)C[C@@H]1C. The number of aliphatic hydroxyl groups is 1. The van der Waals surface area contributed by atoms with E-state index in [0.717, 1.165) is 0 Å². The Morgan fingerprint density at radius 2 is 1.84 bits per heavy atom. The first-order chi connectivity index (χ1) is 17.4. The average Bonchev–Trinajstić information content (AvgIpc) is 2.85. The first-order valence-electron chi connectivity index (χ1n) is 12.3. The Bertz CT molecular complexity index is 1200. The lowest BCUT2D eigenvalue weighted by atomic mass is 9.99. The molecule has 0 aromatic heterocycles. The van der Waals surface area contributed by atoms with Gasteiger partial charge in [-0.15, -0.1) is 0 Å². The third-order valence-electron chi connectivity index (χ3n) is 6.20. The second-order valence-electron chi connectivity index (χ2n) is 9.71. The van der Waals surface area contributed by atoms with Gasteiger partial charge in [-0.05, 0) is 45.0 Å². The van der Waals surface area contributed by atoms with Gasteiger partial charge >= 0.3 is 6.03 Å². The van der Waals surface area contributed by atoms with Gasteiger partial charge in [0.1, 0.15) is 6.10 Å². The Hall–Kier alpha value is -3.31. The minimum atomic E-state index is -3.97. The highest BCUT2D eigenvalue weighted by Gasteiger charge is 2.35. The van der Waals surface area contributed by atoms with Crippen LogP contribution in [0.15, 0.2) is 53.4 Å². The van der Waals surface area contributed by atoms with Crippen LogP contribution < -0.4 is 14.8 Å². The van der Waals surface area contributed by atoms with E-state index in [1.807, 2.05) is 20.8 Å². The maximum atomic E-state index is 13.6. The zero-order valence-corrected chi connectivity index (χ0v) is 22.7. The van der Waals surface area contributed by atoms with E-state index in [4.69, 9.17) is 4.74 Å². The maximum Gasteiger partial charge on any atom is 0.317 e. The molecule has 2 aromatic rings. The molecule has 0 spiro atoms. The van der Waals surface area contributed by atoms with E-state index in [2.05, 4.69) is 10.0 Å². The summed E-state index contributed by atoms with van der Waals surface area (Å²) in [4.78, 5) is 29.3. The number of nitrogens with one attached hydrogen (secondary N) is 2. The van der Waals surface area contributed by atoms with Crippen molar-refractivity contribution in [3.8, 4) is 5.75 Å². The summed E-state index contributed by atoms with van der Waals surface area (Å²) in [6.45, 7) is 7.59. The van der Waals surface area contributed by atoms with Crippen LogP contribution in [0.4, 0.5) is 10.5 Å². The van der Waals surface area contributed by atoms with Crippen LogP contribution in [0.3, 0.4) is 0 Å². The highest BCUT2D eigenvalue weighted by molar-refractivity contribution is 7.92. The van der Waals surface area contributed by atoms with Gasteiger partial charge in [0.2, 0.25) is 0 Å². The lowest BCUT2D eigenvalue weighted by molar-refractivity contribution is 0.0369. The number of hydrogen-bond donors (Lipinski definition) is 3. The zero-order valence-electron chi connectivity index (χ0n) is 21.8. The summed E-state index contributed by atoms with van der Waals surface area (Å²) in [6.07, 6.45) is -0.578. The molecule has 3 amide bonds. The maximum absolute atomic E-state index is 13.6. The Kier molecular flexibility index (Phi) is 9.03. The van der Waals surface area contributed by atoms with Gasteiger partial charge in [0, 0.05) is 25.6 Å². The number of benzene rings is 2. The van der Waals surface area contributed by atoms with E-state index in [1.165, 1.54) is 23.1 Å². The molecule has 0 bridgehead atoms. The molecule has 0 aliphatic carbocycles. The Balaban J connectivity index is 2.05. The van der Waals surface area contributed by atoms with Gasteiger partial charge < -0.3 is 25.0 Å². The number of likely N-dealkylation sites (N-methyl/N-ethyl adjacent to an activating group) is 1. The van der Waals surface area contributed by atoms with E-state index in [0.29, 0.717) is 0 Å². The number of para-hydroxylation sites is 1. The molecule has 3 rings (SSSR count). The number of rotatable bonds is 8. The van der Waals surface area contributed by atoms with Crippen LogP contribution >= 0.6 is 0 Å². The molecular formula is C26H36N4O6S. The molecule has 3 N–H and O–H groups in total. The van der Waals surface area contributed by atoms with Crippen LogP contribution in [0, 0.1) is 5.92 Å². The van der Waals surface area contributed by atoms with Crippen molar-refractivity contribution in [3.63, 3.8) is 0 Å². The van der Waals surface area contributed by atoms with Gasteiger partial charge in [-0.2, -0.15) is 0 Å². The number of fused-ring (bicyclic) bond motifs is 1. The number of carbonyl (C=O) groups is 2. The first-order valence-corrected chi connectivity index (χ1v) is 13.7. The van der Waals surface area contributed by atoms with Crippen molar-refractivity contribution in [2.24, 2.45) is 5.92 Å². The van der Waals surface area contributed by atoms with Crippen molar-refractivity contribution in [1.82, 2.24) is 15.1 Å². The number of ether oxygens (including phenoxy) is 1. The molecule has 1 aliphatic heterocycles. The standard InChI is InChI=1S/C26H36N4O6S/c1-17(2)27-26(33)29(5)15-23-18(3)14-30(19(4)16-31)25(32)21-12-9-13-22(24(21)36-23)28-37(34,35)20-10-7-6-8-11-20/h6-13,17-19,23,28,31H,14-16H2,1-5H3,(H,27,33)/t18-,19+,23+/m0/s1. The Morgan fingerprint density at radius 3 is 2.46 bits per heavy atom. The largest absolute Gasteiger partial charge is 0.485 e. The predicted octanol–water partition coefficient (Wildman–Crippen LogP) is 2.76. The molecule has 1 aliphatic rings. The summed E-state index contributed by atoms with van der Waals surface area (Å²) in [5.74, 6) is -0.552. The molecule has 37 heavy (non-hydrogen) atoms. The third kappa shape index (κ3) is 6.72. The molecular weight excluding hydrogens is 496 g/mol. The fourth-order valence-electron chi connectivity index (χ4n) is 4.05. The number of nitrogens with zero attached hydrogens (tertiary/aromatic N) is 2. The van der Waals surface area contributed by atoms with Gasteiger partial charge in [-0.3, -0.25) is 9.52 Å². The van der Waals surface area contributed by atoms with E-state index in [-0.39, 0.29) is 65.5 Å². The summed E-state index contributed by atoms with van der Waals surface area (Å²) in [6, 6.07) is 11.8. The van der Waals surface area contributed by atoms with Crippen LogP contribution in [-0.4, -0.2) is 80.2 Å². The van der Waals surface area contributed by atoms with Gasteiger partial charge in [0.05, 0.1) is 35.3 Å². The van der Waals surface area contributed by atoms with Crippen molar-refractivity contribution in [2.45, 2.75) is 50.8 Å². The van der Waals surface area contributed by atoms with Crippen molar-refractivity contribution in [1.29, 1.82) is 0 Å². The topological polar surface area (TPSA) is 128 Å². The van der Waals surface area contributed by atoms with Crippen LogP contribution in [-0.2, 0) is 10.0 Å². The van der Waals surface area contributed by atoms with Crippen molar-refractivity contribution in [3.05, 3.63) is 54.1 Å². The fraction of sp³-hybridized carbons (Fsp3) is 0.462. The normalized spacial score (nSPS) is 18.8. The zero-order chi connectivity index (χ0) is 27.3. The Labute approximate surface area is 218 Å². The van der Waals surface area contributed by atoms with Crippen molar-refractivity contribution >= 4 is 27.6 Å². The minimum absolute atomic E-state index is 0.0520. The lowest BCUT2D eigenvalue weighted by Crippen LogP contribution is -2.51.